The average molecular weight is 294 g/mol. The number of nitrogens with one attached hydrogen (secondary N) is 1. The summed E-state index contributed by atoms with van der Waals surface area (Å²) >= 11 is 12.4. The molecule has 1 nitrogen and oxygen atoms in total. The lowest BCUT2D eigenvalue weighted by molar-refractivity contribution is 0.884. The van der Waals surface area contributed by atoms with Crippen LogP contribution in [-0.4, -0.2) is 0 Å². The molecular formula is C16H17Cl2N. The summed E-state index contributed by atoms with van der Waals surface area (Å²) in [6.45, 7) is 6.13. The number of benzene rings is 2. The Balaban J connectivity index is 2.21. The Hall–Kier alpha value is -1.18. The molecule has 1 unspecified atom stereocenters. The van der Waals surface area contributed by atoms with Crippen LogP contribution in [0.2, 0.25) is 10.0 Å². The predicted octanol–water partition coefficient (Wildman–Crippen LogP) is 5.78. The van der Waals surface area contributed by atoms with E-state index < -0.39 is 0 Å². The van der Waals surface area contributed by atoms with Gasteiger partial charge in [0, 0.05) is 11.1 Å². The Morgan fingerprint density at radius 1 is 0.947 bits per heavy atom. The topological polar surface area (TPSA) is 12.0 Å². The maximum absolute atomic E-state index is 6.24. The molecule has 19 heavy (non-hydrogen) atoms. The van der Waals surface area contributed by atoms with Crippen LogP contribution in [0.1, 0.15) is 29.7 Å². The van der Waals surface area contributed by atoms with Crippen molar-refractivity contribution in [3.63, 3.8) is 0 Å². The van der Waals surface area contributed by atoms with Crippen molar-refractivity contribution in [2.24, 2.45) is 0 Å². The summed E-state index contributed by atoms with van der Waals surface area (Å²) in [5, 5.41) is 4.82. The van der Waals surface area contributed by atoms with Crippen LogP contribution in [-0.2, 0) is 0 Å². The summed E-state index contributed by atoms with van der Waals surface area (Å²) < 4.78 is 0. The summed E-state index contributed by atoms with van der Waals surface area (Å²) in [5.41, 5.74) is 4.33. The van der Waals surface area contributed by atoms with Crippen LogP contribution in [0.15, 0.2) is 36.4 Å². The number of hydrogen-bond acceptors (Lipinski definition) is 1. The van der Waals surface area contributed by atoms with Gasteiger partial charge in [-0.15, -0.1) is 0 Å². The van der Waals surface area contributed by atoms with Crippen molar-refractivity contribution in [1.82, 2.24) is 0 Å². The molecule has 1 atom stereocenters. The lowest BCUT2D eigenvalue weighted by atomic mass is 10.1. The van der Waals surface area contributed by atoms with Gasteiger partial charge >= 0.3 is 0 Å². The number of hydrogen-bond donors (Lipinski definition) is 1. The molecule has 1 N–H and O–H groups in total. The van der Waals surface area contributed by atoms with Crippen molar-refractivity contribution in [3.8, 4) is 0 Å². The largest absolute Gasteiger partial charge is 0.377 e. The van der Waals surface area contributed by atoms with Crippen molar-refractivity contribution in [3.05, 3.63) is 63.1 Å². The summed E-state index contributed by atoms with van der Waals surface area (Å²) in [4.78, 5) is 0. The van der Waals surface area contributed by atoms with E-state index in [1.54, 1.807) is 0 Å². The first kappa shape index (κ1) is 14.2. The van der Waals surface area contributed by atoms with Gasteiger partial charge < -0.3 is 5.32 Å². The Bertz CT molecular complexity index is 576. The fraction of sp³-hybridized carbons (Fsp3) is 0.250. The first-order valence-electron chi connectivity index (χ1n) is 6.26. The van der Waals surface area contributed by atoms with Crippen LogP contribution in [0.4, 0.5) is 5.69 Å². The Labute approximate surface area is 124 Å². The number of aryl methyl sites for hydroxylation is 2. The standard InChI is InChI=1S/C16H17Cl2N/c1-10-4-6-13(7-5-10)12(3)19-16-9-14(17)11(2)8-15(16)18/h4-9,12,19H,1-3H3. The van der Waals surface area contributed by atoms with Gasteiger partial charge in [-0.3, -0.25) is 0 Å². The van der Waals surface area contributed by atoms with Crippen LogP contribution >= 0.6 is 23.2 Å². The third-order valence-corrected chi connectivity index (χ3v) is 3.92. The zero-order chi connectivity index (χ0) is 14.0. The smallest absolute Gasteiger partial charge is 0.0641 e. The van der Waals surface area contributed by atoms with Gasteiger partial charge in [0.2, 0.25) is 0 Å². The van der Waals surface area contributed by atoms with Crippen molar-refractivity contribution >= 4 is 28.9 Å². The van der Waals surface area contributed by atoms with Gasteiger partial charge in [-0.25, -0.2) is 0 Å². The minimum absolute atomic E-state index is 0.178. The molecule has 0 aliphatic carbocycles. The first-order valence-corrected chi connectivity index (χ1v) is 7.01. The van der Waals surface area contributed by atoms with E-state index in [0.29, 0.717) is 5.02 Å². The van der Waals surface area contributed by atoms with Crippen LogP contribution in [0.3, 0.4) is 0 Å². The molecule has 2 aromatic rings. The van der Waals surface area contributed by atoms with Gasteiger partial charge in [-0.05, 0) is 44.0 Å². The number of rotatable bonds is 3. The van der Waals surface area contributed by atoms with Crippen molar-refractivity contribution in [2.45, 2.75) is 26.8 Å². The Morgan fingerprint density at radius 3 is 2.21 bits per heavy atom. The quantitative estimate of drug-likeness (QED) is 0.756. The zero-order valence-electron chi connectivity index (χ0n) is 11.3. The second-order valence-electron chi connectivity index (χ2n) is 4.86. The van der Waals surface area contributed by atoms with Crippen molar-refractivity contribution in [1.29, 1.82) is 0 Å². The monoisotopic (exact) mass is 293 g/mol. The maximum Gasteiger partial charge on any atom is 0.0641 e. The van der Waals surface area contributed by atoms with Gasteiger partial charge in [-0.1, -0.05) is 53.0 Å². The molecule has 0 aromatic heterocycles. The van der Waals surface area contributed by atoms with E-state index in [4.69, 9.17) is 23.2 Å². The van der Waals surface area contributed by atoms with E-state index in [-0.39, 0.29) is 6.04 Å². The fourth-order valence-electron chi connectivity index (χ4n) is 1.93. The highest BCUT2D eigenvalue weighted by Crippen LogP contribution is 2.31. The summed E-state index contributed by atoms with van der Waals surface area (Å²) in [5.74, 6) is 0. The zero-order valence-corrected chi connectivity index (χ0v) is 12.8. The third-order valence-electron chi connectivity index (χ3n) is 3.20. The molecule has 0 aliphatic rings. The Morgan fingerprint density at radius 2 is 1.58 bits per heavy atom. The summed E-state index contributed by atoms with van der Waals surface area (Å²) in [6, 6.07) is 12.4. The molecule has 2 aromatic carbocycles. The number of halogens is 2. The van der Waals surface area contributed by atoms with Crippen LogP contribution in [0, 0.1) is 13.8 Å². The molecule has 2 rings (SSSR count). The van der Waals surface area contributed by atoms with Gasteiger partial charge in [0.05, 0.1) is 10.7 Å². The molecule has 0 spiro atoms. The molecule has 0 saturated heterocycles. The van der Waals surface area contributed by atoms with Crippen molar-refractivity contribution in [2.75, 3.05) is 5.32 Å². The van der Waals surface area contributed by atoms with Crippen LogP contribution in [0.25, 0.3) is 0 Å². The third kappa shape index (κ3) is 3.43. The van der Waals surface area contributed by atoms with E-state index in [1.165, 1.54) is 11.1 Å². The van der Waals surface area contributed by atoms with Gasteiger partial charge in [0.25, 0.3) is 0 Å². The first-order chi connectivity index (χ1) is 8.97. The van der Waals surface area contributed by atoms with Crippen molar-refractivity contribution < 1.29 is 0 Å². The predicted molar refractivity (Wildman–Crippen MR) is 84.4 cm³/mol. The minimum atomic E-state index is 0.178. The average Bonchev–Trinajstić information content (AvgIpc) is 2.36. The molecule has 0 heterocycles. The van der Waals surface area contributed by atoms with E-state index in [1.807, 2.05) is 19.1 Å². The molecule has 100 valence electrons. The molecule has 0 radical (unpaired) electrons. The second-order valence-corrected chi connectivity index (χ2v) is 5.67. The highest BCUT2D eigenvalue weighted by molar-refractivity contribution is 6.35. The maximum atomic E-state index is 6.24. The molecule has 0 saturated carbocycles. The summed E-state index contributed by atoms with van der Waals surface area (Å²) in [6.07, 6.45) is 0. The normalized spacial score (nSPS) is 12.3. The van der Waals surface area contributed by atoms with Gasteiger partial charge in [-0.2, -0.15) is 0 Å². The molecule has 0 amide bonds. The minimum Gasteiger partial charge on any atom is -0.377 e. The van der Waals surface area contributed by atoms with E-state index >= 15 is 0 Å². The highest BCUT2D eigenvalue weighted by Gasteiger charge is 2.09. The molecule has 0 aliphatic heterocycles. The van der Waals surface area contributed by atoms with E-state index in [0.717, 1.165) is 16.3 Å². The van der Waals surface area contributed by atoms with Gasteiger partial charge in [0.15, 0.2) is 0 Å². The summed E-state index contributed by atoms with van der Waals surface area (Å²) in [7, 11) is 0. The Kier molecular flexibility index (Phi) is 4.38. The van der Waals surface area contributed by atoms with Crippen LogP contribution < -0.4 is 5.32 Å². The molecule has 3 heteroatoms. The van der Waals surface area contributed by atoms with Gasteiger partial charge in [0.1, 0.15) is 0 Å². The van der Waals surface area contributed by atoms with Crippen LogP contribution in [0.5, 0.6) is 0 Å². The van der Waals surface area contributed by atoms with E-state index in [9.17, 15) is 0 Å². The molecule has 0 fully saturated rings. The van der Waals surface area contributed by atoms with E-state index in [2.05, 4.69) is 43.4 Å². The fourth-order valence-corrected chi connectivity index (χ4v) is 2.37. The second kappa shape index (κ2) is 5.85. The lowest BCUT2D eigenvalue weighted by Gasteiger charge is -2.18. The lowest BCUT2D eigenvalue weighted by Crippen LogP contribution is -2.07. The molecular weight excluding hydrogens is 277 g/mol. The number of anilines is 1. The highest BCUT2D eigenvalue weighted by atomic mass is 35.5. The molecule has 0 bridgehead atoms. The SMILES string of the molecule is Cc1ccc(C(C)Nc2cc(Cl)c(C)cc2Cl)cc1.